The van der Waals surface area contributed by atoms with Gasteiger partial charge >= 0.3 is 0 Å². The van der Waals surface area contributed by atoms with Gasteiger partial charge in [0.15, 0.2) is 4.96 Å². The summed E-state index contributed by atoms with van der Waals surface area (Å²) in [5.41, 5.74) is 5.34. The Balaban J connectivity index is 3.05. The first-order valence-electron chi connectivity index (χ1n) is 2.99. The molecule has 2 aromatic rings. The lowest BCUT2D eigenvalue weighted by molar-refractivity contribution is 1.08. The first kappa shape index (κ1) is 6.36. The molecule has 2 N–H and O–H groups in total. The molecule has 0 aromatic carbocycles. The number of hydrogen-bond acceptors (Lipinski definition) is 4. The van der Waals surface area contributed by atoms with Gasteiger partial charge in [-0.15, -0.1) is 11.3 Å². The Bertz CT molecular complexity index is 444. The standard InChI is InChI=1S/C6H5N3OS/c7-4-3-8-6-9(5(4)10)1-2-11-6/h1-3H,7H2. The van der Waals surface area contributed by atoms with E-state index in [0.29, 0.717) is 4.96 Å². The van der Waals surface area contributed by atoms with Gasteiger partial charge in [0.25, 0.3) is 5.56 Å². The molecule has 5 heteroatoms. The highest BCUT2D eigenvalue weighted by molar-refractivity contribution is 7.15. The normalized spacial score (nSPS) is 10.5. The predicted molar refractivity (Wildman–Crippen MR) is 43.8 cm³/mol. The van der Waals surface area contributed by atoms with E-state index in [2.05, 4.69) is 4.98 Å². The van der Waals surface area contributed by atoms with E-state index in [-0.39, 0.29) is 11.2 Å². The monoisotopic (exact) mass is 167 g/mol. The molecule has 0 aliphatic heterocycles. The first-order valence-corrected chi connectivity index (χ1v) is 3.87. The minimum Gasteiger partial charge on any atom is -0.393 e. The zero-order valence-corrected chi connectivity index (χ0v) is 6.34. The quantitative estimate of drug-likeness (QED) is 0.615. The Morgan fingerprint density at radius 1 is 1.64 bits per heavy atom. The molecule has 0 aliphatic carbocycles. The van der Waals surface area contributed by atoms with E-state index in [0.717, 1.165) is 0 Å². The third-order valence-electron chi connectivity index (χ3n) is 1.37. The van der Waals surface area contributed by atoms with Crippen LogP contribution >= 0.6 is 11.3 Å². The largest absolute Gasteiger partial charge is 0.393 e. The van der Waals surface area contributed by atoms with Crippen LogP contribution in [0.4, 0.5) is 5.69 Å². The van der Waals surface area contributed by atoms with Crippen LogP contribution in [-0.4, -0.2) is 9.38 Å². The van der Waals surface area contributed by atoms with Crippen molar-refractivity contribution in [3.8, 4) is 0 Å². The summed E-state index contributed by atoms with van der Waals surface area (Å²) in [7, 11) is 0. The van der Waals surface area contributed by atoms with Crippen LogP contribution in [0.2, 0.25) is 0 Å². The van der Waals surface area contributed by atoms with Crippen molar-refractivity contribution in [1.29, 1.82) is 0 Å². The van der Waals surface area contributed by atoms with Gasteiger partial charge in [-0.3, -0.25) is 9.20 Å². The molecule has 0 amide bonds. The van der Waals surface area contributed by atoms with E-state index in [4.69, 9.17) is 5.73 Å². The number of nitrogen functional groups attached to an aromatic ring is 1. The number of nitrogens with two attached hydrogens (primary N) is 1. The Morgan fingerprint density at radius 3 is 3.27 bits per heavy atom. The average molecular weight is 167 g/mol. The van der Waals surface area contributed by atoms with Crippen molar-refractivity contribution in [2.24, 2.45) is 0 Å². The Hall–Kier alpha value is -1.36. The molecule has 0 saturated carbocycles. The topological polar surface area (TPSA) is 60.4 Å². The van der Waals surface area contributed by atoms with Gasteiger partial charge in [0.2, 0.25) is 0 Å². The summed E-state index contributed by atoms with van der Waals surface area (Å²) in [6.07, 6.45) is 3.04. The van der Waals surface area contributed by atoms with E-state index in [1.54, 1.807) is 11.6 Å². The smallest absolute Gasteiger partial charge is 0.281 e. The summed E-state index contributed by atoms with van der Waals surface area (Å²) < 4.78 is 1.43. The molecule has 56 valence electrons. The van der Waals surface area contributed by atoms with E-state index < -0.39 is 0 Å². The maximum atomic E-state index is 11.2. The lowest BCUT2D eigenvalue weighted by atomic mass is 10.5. The third-order valence-corrected chi connectivity index (χ3v) is 2.14. The molecule has 4 nitrogen and oxygen atoms in total. The van der Waals surface area contributed by atoms with Crippen LogP contribution in [0.25, 0.3) is 4.96 Å². The van der Waals surface area contributed by atoms with Crippen molar-refractivity contribution < 1.29 is 0 Å². The molecule has 0 radical (unpaired) electrons. The van der Waals surface area contributed by atoms with Gasteiger partial charge in [-0.1, -0.05) is 0 Å². The highest BCUT2D eigenvalue weighted by Gasteiger charge is 1.99. The second-order valence-electron chi connectivity index (χ2n) is 2.07. The predicted octanol–water partition coefficient (Wildman–Crippen LogP) is 0.338. The summed E-state index contributed by atoms with van der Waals surface area (Å²) in [5.74, 6) is 0. The van der Waals surface area contributed by atoms with Crippen molar-refractivity contribution in [2.45, 2.75) is 0 Å². The fourth-order valence-electron chi connectivity index (χ4n) is 0.839. The molecular weight excluding hydrogens is 162 g/mol. The van der Waals surface area contributed by atoms with Crippen LogP contribution in [-0.2, 0) is 0 Å². The van der Waals surface area contributed by atoms with Crippen LogP contribution in [0.5, 0.6) is 0 Å². The summed E-state index contributed by atoms with van der Waals surface area (Å²) in [5, 5.41) is 1.79. The number of fused-ring (bicyclic) bond motifs is 1. The Labute approximate surface area is 65.9 Å². The molecule has 0 saturated heterocycles. The summed E-state index contributed by atoms with van der Waals surface area (Å²) in [4.78, 5) is 15.8. The minimum absolute atomic E-state index is 0.181. The fourth-order valence-corrected chi connectivity index (χ4v) is 1.51. The highest BCUT2D eigenvalue weighted by atomic mass is 32.1. The van der Waals surface area contributed by atoms with Gasteiger partial charge in [0.05, 0.1) is 6.20 Å². The molecule has 0 spiro atoms. The van der Waals surface area contributed by atoms with Gasteiger partial charge in [-0.05, 0) is 0 Å². The minimum atomic E-state index is -0.198. The molecule has 0 unspecified atom stereocenters. The van der Waals surface area contributed by atoms with E-state index in [1.807, 2.05) is 0 Å². The summed E-state index contributed by atoms with van der Waals surface area (Å²) >= 11 is 1.41. The molecule has 2 rings (SSSR count). The van der Waals surface area contributed by atoms with Crippen molar-refractivity contribution in [3.63, 3.8) is 0 Å². The van der Waals surface area contributed by atoms with Crippen LogP contribution < -0.4 is 11.3 Å². The Kier molecular flexibility index (Phi) is 1.19. The maximum Gasteiger partial charge on any atom is 0.281 e. The molecule has 11 heavy (non-hydrogen) atoms. The lowest BCUT2D eigenvalue weighted by Gasteiger charge is -1.91. The van der Waals surface area contributed by atoms with E-state index in [9.17, 15) is 4.79 Å². The maximum absolute atomic E-state index is 11.2. The molecule has 0 fully saturated rings. The second-order valence-corrected chi connectivity index (χ2v) is 2.95. The molecule has 2 aromatic heterocycles. The van der Waals surface area contributed by atoms with E-state index >= 15 is 0 Å². The summed E-state index contributed by atoms with van der Waals surface area (Å²) in [6.45, 7) is 0. The first-order chi connectivity index (χ1) is 5.29. The van der Waals surface area contributed by atoms with Crippen LogP contribution in [0, 0.1) is 0 Å². The van der Waals surface area contributed by atoms with Crippen molar-refractivity contribution in [2.75, 3.05) is 5.73 Å². The zero-order chi connectivity index (χ0) is 7.84. The molecule has 0 bridgehead atoms. The van der Waals surface area contributed by atoms with Gasteiger partial charge in [-0.2, -0.15) is 0 Å². The molecular formula is C6H5N3OS. The van der Waals surface area contributed by atoms with Gasteiger partial charge < -0.3 is 5.73 Å². The van der Waals surface area contributed by atoms with Crippen LogP contribution in [0.1, 0.15) is 0 Å². The van der Waals surface area contributed by atoms with Gasteiger partial charge in [-0.25, -0.2) is 4.98 Å². The molecule has 2 heterocycles. The number of thiazole rings is 1. The Morgan fingerprint density at radius 2 is 2.45 bits per heavy atom. The second kappa shape index (κ2) is 2.06. The average Bonchev–Trinajstić information content (AvgIpc) is 2.45. The number of anilines is 1. The van der Waals surface area contributed by atoms with Crippen LogP contribution in [0.3, 0.4) is 0 Å². The van der Waals surface area contributed by atoms with Gasteiger partial charge in [0, 0.05) is 11.6 Å². The van der Waals surface area contributed by atoms with E-state index in [1.165, 1.54) is 21.9 Å². The van der Waals surface area contributed by atoms with Crippen molar-refractivity contribution in [1.82, 2.24) is 9.38 Å². The number of nitrogens with zero attached hydrogens (tertiary/aromatic N) is 2. The van der Waals surface area contributed by atoms with Crippen LogP contribution in [0.15, 0.2) is 22.6 Å². The number of aromatic nitrogens is 2. The highest BCUT2D eigenvalue weighted by Crippen LogP contribution is 2.05. The number of rotatable bonds is 0. The van der Waals surface area contributed by atoms with Crippen molar-refractivity contribution >= 4 is 22.0 Å². The lowest BCUT2D eigenvalue weighted by Crippen LogP contribution is -2.15. The molecule has 0 aliphatic rings. The fraction of sp³-hybridized carbons (Fsp3) is 0. The van der Waals surface area contributed by atoms with Gasteiger partial charge in [0.1, 0.15) is 5.69 Å². The van der Waals surface area contributed by atoms with Crippen molar-refractivity contribution in [3.05, 3.63) is 28.1 Å². The number of hydrogen-bond donors (Lipinski definition) is 1. The molecule has 0 atom stereocenters. The SMILES string of the molecule is Nc1cnc2sccn2c1=O. The summed E-state index contributed by atoms with van der Waals surface area (Å²) in [6, 6.07) is 0. The third kappa shape index (κ3) is 0.813. The zero-order valence-electron chi connectivity index (χ0n) is 5.52.